The molecule has 0 spiro atoms. The summed E-state index contributed by atoms with van der Waals surface area (Å²) in [5.74, 6) is 0.295. The van der Waals surface area contributed by atoms with Gasteiger partial charge in [0, 0.05) is 5.18 Å². The minimum Gasteiger partial charge on any atom is -1.00 e. The zero-order valence-electron chi connectivity index (χ0n) is 30.5. The Kier molecular flexibility index (Phi) is 36.9. The van der Waals surface area contributed by atoms with Crippen LogP contribution in [0.4, 0.5) is 21.0 Å². The molecule has 0 saturated carbocycles. The molecule has 302 valence electrons. The first-order valence-electron chi connectivity index (χ1n) is 13.3. The van der Waals surface area contributed by atoms with Gasteiger partial charge in [-0.3, -0.25) is 7.63 Å². The van der Waals surface area contributed by atoms with Crippen LogP contribution in [0.5, 0.6) is 0 Å². The zero-order valence-corrected chi connectivity index (χ0v) is 35.5. The Labute approximate surface area is 353 Å². The second-order valence-electron chi connectivity index (χ2n) is 8.17. The van der Waals surface area contributed by atoms with Gasteiger partial charge in [0.2, 0.25) is 12.1 Å². The van der Waals surface area contributed by atoms with Crippen LogP contribution in [0.3, 0.4) is 0 Å². The van der Waals surface area contributed by atoms with Crippen molar-refractivity contribution < 1.29 is 61.3 Å². The Balaban J connectivity index is -0.000000121. The molecule has 0 aliphatic carbocycles. The minimum absolute atomic E-state index is 0. The van der Waals surface area contributed by atoms with Crippen molar-refractivity contribution in [3.63, 3.8) is 0 Å². The number of halogens is 5. The van der Waals surface area contributed by atoms with Gasteiger partial charge in [-0.2, -0.15) is 0 Å². The zero-order chi connectivity index (χ0) is 38.9. The second kappa shape index (κ2) is 32.8. The van der Waals surface area contributed by atoms with Crippen LogP contribution >= 0.6 is 59.6 Å². The van der Waals surface area contributed by atoms with E-state index in [9.17, 15) is 31.8 Å². The summed E-state index contributed by atoms with van der Waals surface area (Å²) in [5.41, 5.74) is 9.36. The number of alkyl halides is 3. The molecule has 0 heterocycles. The van der Waals surface area contributed by atoms with Gasteiger partial charge in [0.25, 0.3) is 0 Å². The Bertz CT molecular complexity index is 1520. The number of nitrogens with two attached hydrogens (primary N) is 2. The molecule has 0 aliphatic heterocycles. The van der Waals surface area contributed by atoms with E-state index >= 15 is 0 Å². The van der Waals surface area contributed by atoms with Crippen LogP contribution in [-0.4, -0.2) is 116 Å². The van der Waals surface area contributed by atoms with E-state index in [1.807, 2.05) is 7.63 Å². The number of nitrogens with zero attached hydrogens (tertiary/aromatic N) is 3. The molecule has 53 heavy (non-hydrogen) atoms. The predicted molar refractivity (Wildman–Crippen MR) is 204 cm³/mol. The van der Waals surface area contributed by atoms with Crippen LogP contribution in [0.1, 0.15) is 16.7 Å². The maximum atomic E-state index is 11.9. The largest absolute Gasteiger partial charge is 2.00 e. The standard InChI is InChI=1S/2C11H14ClNO5S.C3H6ClNO2.CH2N2O2.2ClH.Mg.2H/c2*1-3-17-11(14)13-9-4-6-10(7-5-9)19(15,16)18(2)8-12;4-1-2-7-3(5)6;2-1(4)3-5;;;;;/h2*4-7H,3,8H2,1-2H3;1-2H2,(H2,5,6);(H2,2,4);2*1H;;;/q;;;;;;+2;2*-1. The summed E-state index contributed by atoms with van der Waals surface area (Å²) >= 11 is 16.0. The summed E-state index contributed by atoms with van der Waals surface area (Å²) < 4.78 is 64.7. The number of nitroso groups, excluding NO2 is 1. The van der Waals surface area contributed by atoms with E-state index in [0.717, 1.165) is 0 Å². The van der Waals surface area contributed by atoms with Crippen molar-refractivity contribution in [3.05, 3.63) is 53.4 Å². The van der Waals surface area contributed by atoms with Gasteiger partial charge in [0.1, 0.15) is 16.4 Å². The van der Waals surface area contributed by atoms with E-state index in [-0.39, 0.29) is 92.5 Å². The van der Waals surface area contributed by atoms with Gasteiger partial charge in [0.15, 0.2) is 26.4 Å². The van der Waals surface area contributed by atoms with Crippen LogP contribution in [0, 0.1) is 4.91 Å². The smallest absolute Gasteiger partial charge is 1.00 e. The summed E-state index contributed by atoms with van der Waals surface area (Å²) in [6, 6.07) is 9.36. The van der Waals surface area contributed by atoms with Crippen LogP contribution < -0.4 is 21.7 Å². The molecular weight excluding hydrogens is 872 g/mol. The van der Waals surface area contributed by atoms with Crippen molar-refractivity contribution >= 4 is 139 Å². The van der Waals surface area contributed by atoms with E-state index in [4.69, 9.17) is 44.5 Å². The summed E-state index contributed by atoms with van der Waals surface area (Å²) in [6.07, 6.45) is -2.21. The molecule has 0 aromatic heterocycles. The Morgan fingerprint density at radius 1 is 0.736 bits per heavy atom. The molecule has 0 aliphatic rings. The normalized spacial score (nSPS) is 10.8. The Morgan fingerprint density at radius 3 is 1.23 bits per heavy atom. The first kappa shape index (κ1) is 59.6. The molecule has 3 amide bonds. The quantitative estimate of drug-likeness (QED) is 0.0591. The second-order valence-corrected chi connectivity index (χ2v) is 12.9. The topological polar surface area (TPSA) is 288 Å². The van der Waals surface area contributed by atoms with Gasteiger partial charge in [-0.15, -0.1) is 58.2 Å². The first-order chi connectivity index (χ1) is 23.4. The average molecular weight is 912 g/mol. The fourth-order valence-electron chi connectivity index (χ4n) is 2.48. The van der Waals surface area contributed by atoms with Crippen LogP contribution in [0.2, 0.25) is 0 Å². The summed E-state index contributed by atoms with van der Waals surface area (Å²) in [6.45, 7) is 3.99. The number of rotatable bonds is 12. The maximum Gasteiger partial charge on any atom is 2.00 e. The van der Waals surface area contributed by atoms with E-state index in [1.54, 1.807) is 19.0 Å². The van der Waals surface area contributed by atoms with Crippen molar-refractivity contribution in [1.29, 1.82) is 0 Å². The fraction of sp³-hybridized carbons (Fsp3) is 0.385. The molecule has 0 atom stereocenters. The third kappa shape index (κ3) is 25.9. The van der Waals surface area contributed by atoms with E-state index in [1.165, 1.54) is 62.8 Å². The van der Waals surface area contributed by atoms with Crippen molar-refractivity contribution in [1.82, 2.24) is 0 Å². The third-order valence-corrected chi connectivity index (χ3v) is 9.20. The van der Waals surface area contributed by atoms with Gasteiger partial charge in [-0.25, -0.2) is 19.6 Å². The third-order valence-electron chi connectivity index (χ3n) is 4.70. The average Bonchev–Trinajstić information content (AvgIpc) is 3.08. The SMILES string of the molecule is CCOC([O-])=Nc1ccc(S(=O)(=O)[O+](C)CCl)cc1.CCOC([O-])=Nc1ccc(S(=O)(=O)[O+](C)CCl)cc1.Cl.Cl.NC(=O)N=O.NC(=O)OCCCl.[H-].[H-].[Mg+2]. The van der Waals surface area contributed by atoms with Gasteiger partial charge < -0.3 is 38.7 Å². The van der Waals surface area contributed by atoms with E-state index in [2.05, 4.69) is 35.7 Å². The predicted octanol–water partition coefficient (Wildman–Crippen LogP) is 3.12. The van der Waals surface area contributed by atoms with Crippen molar-refractivity contribution in [2.75, 3.05) is 52.1 Å². The molecule has 0 fully saturated rings. The number of primary amides is 2. The number of benzene rings is 2. The number of hydrogen-bond acceptors (Lipinski definition) is 14. The number of ether oxygens (including phenoxy) is 3. The molecule has 4 N–H and O–H groups in total. The van der Waals surface area contributed by atoms with Crippen molar-refractivity contribution in [2.45, 2.75) is 23.6 Å². The molecule has 0 saturated heterocycles. The fourth-order valence-corrected chi connectivity index (χ4v) is 5.09. The Hall–Kier alpha value is -2.64. The van der Waals surface area contributed by atoms with E-state index < -0.39 is 44.5 Å². The van der Waals surface area contributed by atoms with Crippen LogP contribution in [0.15, 0.2) is 73.5 Å². The minimum atomic E-state index is -3.68. The molecule has 0 unspecified atom stereocenters. The molecule has 2 aromatic rings. The molecule has 19 nitrogen and oxygen atoms in total. The molecule has 27 heteroatoms. The van der Waals surface area contributed by atoms with Crippen molar-refractivity contribution in [2.24, 2.45) is 26.6 Å². The first-order valence-corrected chi connectivity index (χ1v) is 17.8. The molecule has 2 rings (SSSR count). The number of carbonyl (C=O) groups is 2. The van der Waals surface area contributed by atoms with E-state index in [0.29, 0.717) is 17.3 Å². The number of aliphatic imine (C=N–C) groups is 2. The van der Waals surface area contributed by atoms with Crippen LogP contribution in [-0.2, 0) is 42.1 Å². The van der Waals surface area contributed by atoms with Gasteiger partial charge >= 0.3 is 55.4 Å². The van der Waals surface area contributed by atoms with Gasteiger partial charge in [0.05, 0.1) is 17.3 Å². The number of amides is 3. The number of carbonyl (C=O) groups excluding carboxylic acids is 2. The number of urea groups is 1. The van der Waals surface area contributed by atoms with Gasteiger partial charge in [-0.1, -0.05) is 13.8 Å². The molecule has 0 bridgehead atoms. The summed E-state index contributed by atoms with van der Waals surface area (Å²) in [5, 5.41) is 24.0. The van der Waals surface area contributed by atoms with Crippen molar-refractivity contribution in [3.8, 4) is 0 Å². The molecule has 0 radical (unpaired) electrons. The summed E-state index contributed by atoms with van der Waals surface area (Å²) in [4.78, 5) is 34.9. The number of hydrogen-bond donors (Lipinski definition) is 2. The Morgan fingerprint density at radius 2 is 1.04 bits per heavy atom. The summed E-state index contributed by atoms with van der Waals surface area (Å²) in [7, 11) is -4.79. The molecular formula is C26H40Cl5MgN5O14S2. The molecule has 2 aromatic carbocycles. The van der Waals surface area contributed by atoms with Crippen LogP contribution in [0.25, 0.3) is 0 Å². The van der Waals surface area contributed by atoms with Gasteiger partial charge in [-0.05, 0) is 84.9 Å². The monoisotopic (exact) mass is 909 g/mol. The maximum absolute atomic E-state index is 11.9.